The molecule has 0 N–H and O–H groups in total. The molecule has 3 aromatic carbocycles. The van der Waals surface area contributed by atoms with Gasteiger partial charge in [-0.1, -0.05) is 29.8 Å². The third-order valence-electron chi connectivity index (χ3n) is 4.87. The standard InChI is InChI=1S/C24H21ClF3NO5S/c1-33-13-12-29(23(30)18-8-10-20(25)11-9-18)16-17-4-2-6-21(14-17)34-35(31,32)22-7-3-5-19(15-22)24(26,27)28/h2-11,14-15H,12-13,16H2,1H3. The number of carbonyl (C=O) groups excluding carboxylic acids is 1. The van der Waals surface area contributed by atoms with Gasteiger partial charge in [0.25, 0.3) is 5.91 Å². The van der Waals surface area contributed by atoms with Crippen LogP contribution in [0.4, 0.5) is 13.2 Å². The van der Waals surface area contributed by atoms with Crippen LogP contribution < -0.4 is 4.18 Å². The van der Waals surface area contributed by atoms with E-state index in [0.717, 1.165) is 18.2 Å². The van der Waals surface area contributed by atoms with Crippen LogP contribution in [-0.2, 0) is 27.6 Å². The molecule has 0 unspecified atom stereocenters. The summed E-state index contributed by atoms with van der Waals surface area (Å²) < 4.78 is 74.3. The maximum atomic E-state index is 13.0. The van der Waals surface area contributed by atoms with Gasteiger partial charge in [0.1, 0.15) is 10.6 Å². The van der Waals surface area contributed by atoms with Crippen molar-refractivity contribution < 1.29 is 35.3 Å². The van der Waals surface area contributed by atoms with Gasteiger partial charge in [-0.15, -0.1) is 0 Å². The van der Waals surface area contributed by atoms with Gasteiger partial charge in [-0.25, -0.2) is 0 Å². The van der Waals surface area contributed by atoms with E-state index in [-0.39, 0.29) is 31.4 Å². The lowest BCUT2D eigenvalue weighted by Crippen LogP contribution is -2.33. The molecule has 11 heteroatoms. The highest BCUT2D eigenvalue weighted by molar-refractivity contribution is 7.87. The van der Waals surface area contributed by atoms with Gasteiger partial charge in [0.2, 0.25) is 0 Å². The molecule has 0 saturated carbocycles. The predicted molar refractivity (Wildman–Crippen MR) is 124 cm³/mol. The fourth-order valence-electron chi connectivity index (χ4n) is 3.15. The van der Waals surface area contributed by atoms with Crippen LogP contribution in [0.5, 0.6) is 5.75 Å². The molecule has 1 amide bonds. The molecule has 0 bridgehead atoms. The van der Waals surface area contributed by atoms with E-state index < -0.39 is 26.8 Å². The number of nitrogens with zero attached hydrogens (tertiary/aromatic N) is 1. The molecule has 3 aromatic rings. The summed E-state index contributed by atoms with van der Waals surface area (Å²) in [6.07, 6.45) is -4.70. The van der Waals surface area contributed by atoms with E-state index in [1.807, 2.05) is 0 Å². The van der Waals surface area contributed by atoms with Crippen molar-refractivity contribution in [3.8, 4) is 5.75 Å². The van der Waals surface area contributed by atoms with Crippen molar-refractivity contribution >= 4 is 27.6 Å². The van der Waals surface area contributed by atoms with Crippen LogP contribution in [0.1, 0.15) is 21.5 Å². The molecule has 0 heterocycles. The Morgan fingerprint density at radius 3 is 2.34 bits per heavy atom. The maximum Gasteiger partial charge on any atom is 0.416 e. The molecule has 0 aliphatic rings. The molecule has 6 nitrogen and oxygen atoms in total. The van der Waals surface area contributed by atoms with Crippen molar-refractivity contribution in [3.63, 3.8) is 0 Å². The second-order valence-electron chi connectivity index (χ2n) is 7.44. The number of benzene rings is 3. The highest BCUT2D eigenvalue weighted by atomic mass is 35.5. The van der Waals surface area contributed by atoms with E-state index in [2.05, 4.69) is 0 Å². The lowest BCUT2D eigenvalue weighted by molar-refractivity contribution is -0.137. The zero-order valence-electron chi connectivity index (χ0n) is 18.5. The summed E-state index contributed by atoms with van der Waals surface area (Å²) >= 11 is 5.89. The predicted octanol–water partition coefficient (Wildman–Crippen LogP) is 5.42. The highest BCUT2D eigenvalue weighted by Crippen LogP contribution is 2.31. The molecule has 35 heavy (non-hydrogen) atoms. The Kier molecular flexibility index (Phi) is 8.42. The number of alkyl halides is 3. The summed E-state index contributed by atoms with van der Waals surface area (Å²) in [5.74, 6) is -0.396. The number of amides is 1. The fourth-order valence-corrected chi connectivity index (χ4v) is 4.24. The molecular formula is C24H21ClF3NO5S. The van der Waals surface area contributed by atoms with Crippen LogP contribution in [0.3, 0.4) is 0 Å². The second kappa shape index (κ2) is 11.1. The van der Waals surface area contributed by atoms with E-state index in [1.54, 1.807) is 30.3 Å². The lowest BCUT2D eigenvalue weighted by Gasteiger charge is -2.23. The normalized spacial score (nSPS) is 11.8. The van der Waals surface area contributed by atoms with Crippen molar-refractivity contribution in [1.29, 1.82) is 0 Å². The van der Waals surface area contributed by atoms with Crippen LogP contribution in [0.2, 0.25) is 5.02 Å². The zero-order valence-corrected chi connectivity index (χ0v) is 20.0. The number of methoxy groups -OCH3 is 1. The van der Waals surface area contributed by atoms with Gasteiger partial charge < -0.3 is 13.8 Å². The van der Waals surface area contributed by atoms with Crippen molar-refractivity contribution in [2.75, 3.05) is 20.3 Å². The number of carbonyl (C=O) groups is 1. The Bertz CT molecular complexity index is 1280. The molecule has 3 rings (SSSR count). The Labute approximate surface area is 206 Å². The van der Waals surface area contributed by atoms with Crippen molar-refractivity contribution in [2.24, 2.45) is 0 Å². The van der Waals surface area contributed by atoms with E-state index in [4.69, 9.17) is 20.5 Å². The van der Waals surface area contributed by atoms with Gasteiger partial charge in [0.05, 0.1) is 12.2 Å². The summed E-state index contributed by atoms with van der Waals surface area (Å²) in [5, 5.41) is 0.483. The van der Waals surface area contributed by atoms with Crippen molar-refractivity contribution in [1.82, 2.24) is 4.90 Å². The van der Waals surface area contributed by atoms with Gasteiger partial charge in [0.15, 0.2) is 0 Å². The number of hydrogen-bond donors (Lipinski definition) is 0. The molecule has 0 aliphatic carbocycles. The first-order chi connectivity index (χ1) is 16.5. The summed E-state index contributed by atoms with van der Waals surface area (Å²) in [7, 11) is -3.03. The van der Waals surface area contributed by atoms with Crippen molar-refractivity contribution in [2.45, 2.75) is 17.6 Å². The van der Waals surface area contributed by atoms with Crippen LogP contribution in [0.25, 0.3) is 0 Å². The third kappa shape index (κ3) is 7.20. The van der Waals surface area contributed by atoms with Crippen LogP contribution >= 0.6 is 11.6 Å². The Hall–Kier alpha value is -3.08. The molecule has 0 aromatic heterocycles. The van der Waals surface area contributed by atoms with Crippen LogP contribution in [-0.4, -0.2) is 39.5 Å². The van der Waals surface area contributed by atoms with E-state index in [1.165, 1.54) is 30.2 Å². The minimum Gasteiger partial charge on any atom is -0.383 e. The van der Waals surface area contributed by atoms with Crippen LogP contribution in [0.15, 0.2) is 77.7 Å². The van der Waals surface area contributed by atoms with Crippen molar-refractivity contribution in [3.05, 3.63) is 94.5 Å². The van der Waals surface area contributed by atoms with Gasteiger partial charge in [-0.2, -0.15) is 21.6 Å². The minimum absolute atomic E-state index is 0.103. The molecule has 0 radical (unpaired) electrons. The molecule has 0 aliphatic heterocycles. The van der Waals surface area contributed by atoms with E-state index in [9.17, 15) is 26.4 Å². The molecule has 0 spiro atoms. The Morgan fingerprint density at radius 1 is 1.00 bits per heavy atom. The number of halogens is 4. The van der Waals surface area contributed by atoms with Gasteiger partial charge in [0, 0.05) is 30.8 Å². The smallest absolute Gasteiger partial charge is 0.383 e. The Balaban J connectivity index is 1.81. The van der Waals surface area contributed by atoms with Crippen LogP contribution in [0, 0.1) is 0 Å². The number of rotatable bonds is 9. The monoisotopic (exact) mass is 527 g/mol. The molecule has 0 saturated heterocycles. The van der Waals surface area contributed by atoms with E-state index in [0.29, 0.717) is 22.2 Å². The summed E-state index contributed by atoms with van der Waals surface area (Å²) in [6.45, 7) is 0.622. The van der Waals surface area contributed by atoms with Gasteiger partial charge in [-0.3, -0.25) is 4.79 Å². The first-order valence-corrected chi connectivity index (χ1v) is 12.0. The average molecular weight is 528 g/mol. The highest BCUT2D eigenvalue weighted by Gasteiger charge is 2.32. The van der Waals surface area contributed by atoms with E-state index >= 15 is 0 Å². The zero-order chi connectivity index (χ0) is 25.6. The van der Waals surface area contributed by atoms with Gasteiger partial charge >= 0.3 is 16.3 Å². The SMILES string of the molecule is COCCN(Cc1cccc(OS(=O)(=O)c2cccc(C(F)(F)F)c2)c1)C(=O)c1ccc(Cl)cc1. The topological polar surface area (TPSA) is 72.9 Å². The lowest BCUT2D eigenvalue weighted by atomic mass is 10.1. The first kappa shape index (κ1) is 26.5. The summed E-state index contributed by atoms with van der Waals surface area (Å²) in [6, 6.07) is 15.6. The number of hydrogen-bond acceptors (Lipinski definition) is 5. The largest absolute Gasteiger partial charge is 0.416 e. The molecule has 0 fully saturated rings. The number of ether oxygens (including phenoxy) is 1. The summed E-state index contributed by atoms with van der Waals surface area (Å²) in [4.78, 5) is 13.9. The molecule has 186 valence electrons. The average Bonchev–Trinajstić information content (AvgIpc) is 2.81. The van der Waals surface area contributed by atoms with Gasteiger partial charge in [-0.05, 0) is 60.2 Å². The third-order valence-corrected chi connectivity index (χ3v) is 6.37. The maximum absolute atomic E-state index is 13.0. The molecular weight excluding hydrogens is 507 g/mol. The quantitative estimate of drug-likeness (QED) is 0.348. The molecule has 0 atom stereocenters. The first-order valence-electron chi connectivity index (χ1n) is 10.2. The summed E-state index contributed by atoms with van der Waals surface area (Å²) in [5.41, 5.74) is -0.157. The Morgan fingerprint density at radius 2 is 1.69 bits per heavy atom. The fraction of sp³-hybridized carbons (Fsp3) is 0.208. The minimum atomic E-state index is -4.70. The second-order valence-corrected chi connectivity index (χ2v) is 9.42.